The Hall–Kier alpha value is -0.930. The van der Waals surface area contributed by atoms with Crippen molar-refractivity contribution in [3.8, 4) is 0 Å². The fourth-order valence-corrected chi connectivity index (χ4v) is 4.00. The minimum absolute atomic E-state index is 0.00917. The van der Waals surface area contributed by atoms with Gasteiger partial charge in [0.15, 0.2) is 0 Å². The molecule has 22 heavy (non-hydrogen) atoms. The van der Waals surface area contributed by atoms with Gasteiger partial charge in [0.05, 0.1) is 8.66 Å². The van der Waals surface area contributed by atoms with Gasteiger partial charge in [-0.3, -0.25) is 25.2 Å². The van der Waals surface area contributed by atoms with Gasteiger partial charge < -0.3 is 4.90 Å². The molecule has 0 aromatic carbocycles. The molecule has 120 valence electrons. The molecule has 3 amide bonds. The summed E-state index contributed by atoms with van der Waals surface area (Å²) in [6, 6.07) is 1.66. The molecule has 9 heteroatoms. The van der Waals surface area contributed by atoms with E-state index in [-0.39, 0.29) is 12.5 Å². The molecular weight excluding hydrogens is 438 g/mol. The third kappa shape index (κ3) is 4.79. The van der Waals surface area contributed by atoms with Crippen LogP contribution in [-0.4, -0.2) is 35.7 Å². The number of halogens is 2. The first kappa shape index (κ1) is 17.4. The number of hydrazine groups is 1. The minimum Gasteiger partial charge on any atom is -0.333 e. The number of rotatable bonds is 3. The van der Waals surface area contributed by atoms with Gasteiger partial charge >= 0.3 is 0 Å². The second kappa shape index (κ2) is 8.07. The van der Waals surface area contributed by atoms with Gasteiger partial charge in [-0.25, -0.2) is 0 Å². The smallest absolute Gasteiger partial charge is 0.279 e. The van der Waals surface area contributed by atoms with Crippen LogP contribution < -0.4 is 10.9 Å². The van der Waals surface area contributed by atoms with Gasteiger partial charge in [0.2, 0.25) is 5.91 Å². The highest BCUT2D eigenvalue weighted by atomic mass is 79.9. The second-order valence-corrected chi connectivity index (χ2v) is 8.08. The molecule has 1 aliphatic rings. The molecule has 0 spiro atoms. The summed E-state index contributed by atoms with van der Waals surface area (Å²) < 4.78 is 1.59. The van der Waals surface area contributed by atoms with E-state index in [4.69, 9.17) is 0 Å². The molecule has 1 saturated heterocycles. The summed E-state index contributed by atoms with van der Waals surface area (Å²) in [5.41, 5.74) is 4.69. The number of carbonyl (C=O) groups excluding carboxylic acids is 3. The van der Waals surface area contributed by atoms with Crippen LogP contribution in [0.15, 0.2) is 14.3 Å². The third-order valence-electron chi connectivity index (χ3n) is 3.19. The van der Waals surface area contributed by atoms with Crippen LogP contribution in [0.3, 0.4) is 0 Å². The Morgan fingerprint density at radius 1 is 1.23 bits per heavy atom. The normalized spacial score (nSPS) is 15.4. The largest absolute Gasteiger partial charge is 0.333 e. The summed E-state index contributed by atoms with van der Waals surface area (Å²) in [4.78, 5) is 37.5. The molecule has 0 atom stereocenters. The Bertz CT molecular complexity index is 572. The maximum Gasteiger partial charge on any atom is 0.279 e. The highest BCUT2D eigenvalue weighted by molar-refractivity contribution is 9.13. The molecule has 0 aliphatic carbocycles. The van der Waals surface area contributed by atoms with Gasteiger partial charge in [-0.2, -0.15) is 0 Å². The first-order valence-electron chi connectivity index (χ1n) is 6.79. The molecule has 0 bridgehead atoms. The van der Waals surface area contributed by atoms with Crippen LogP contribution >= 0.6 is 43.2 Å². The van der Waals surface area contributed by atoms with Gasteiger partial charge in [0.25, 0.3) is 11.8 Å². The quantitative estimate of drug-likeness (QED) is 0.691. The van der Waals surface area contributed by atoms with Crippen molar-refractivity contribution in [2.24, 2.45) is 0 Å². The van der Waals surface area contributed by atoms with Gasteiger partial charge in [-0.05, 0) is 50.8 Å². The van der Waals surface area contributed by atoms with E-state index in [0.717, 1.165) is 27.5 Å². The summed E-state index contributed by atoms with van der Waals surface area (Å²) in [7, 11) is 0. The van der Waals surface area contributed by atoms with E-state index in [0.29, 0.717) is 17.8 Å². The minimum atomic E-state index is -0.404. The zero-order valence-corrected chi connectivity index (χ0v) is 15.6. The highest BCUT2D eigenvalue weighted by Gasteiger charge is 2.19. The number of nitrogens with one attached hydrogen (secondary N) is 2. The van der Waals surface area contributed by atoms with Crippen molar-refractivity contribution in [2.75, 3.05) is 13.1 Å². The van der Waals surface area contributed by atoms with Crippen LogP contribution in [0, 0.1) is 0 Å². The molecule has 0 saturated carbocycles. The van der Waals surface area contributed by atoms with Crippen LogP contribution in [0.4, 0.5) is 0 Å². The van der Waals surface area contributed by atoms with E-state index in [1.165, 1.54) is 16.2 Å². The average Bonchev–Trinajstić information content (AvgIpc) is 2.69. The lowest BCUT2D eigenvalue weighted by Gasteiger charge is -2.19. The molecule has 2 heterocycles. The summed E-state index contributed by atoms with van der Waals surface area (Å²) in [6.07, 6.45) is 3.26. The Balaban J connectivity index is 1.82. The van der Waals surface area contributed by atoms with Crippen LogP contribution in [0.2, 0.25) is 0 Å². The lowest BCUT2D eigenvalue weighted by Crippen LogP contribution is -2.47. The number of hydrogen-bond acceptors (Lipinski definition) is 4. The maximum atomic E-state index is 11.9. The summed E-state index contributed by atoms with van der Waals surface area (Å²) in [5, 5.41) is 0. The molecule has 6 nitrogen and oxygen atoms in total. The van der Waals surface area contributed by atoms with E-state index >= 15 is 0 Å². The standard InChI is InChI=1S/C13H15Br2N3O3S/c14-8-6-9(22-12(8)15)13(21)17-16-10(19)7-18-5-3-1-2-4-11(18)20/h6H,1-5,7H2,(H,16,19)(H,17,21). The van der Waals surface area contributed by atoms with E-state index in [1.54, 1.807) is 6.07 Å². The van der Waals surface area contributed by atoms with Gasteiger partial charge in [0, 0.05) is 17.4 Å². The van der Waals surface area contributed by atoms with E-state index < -0.39 is 11.8 Å². The van der Waals surface area contributed by atoms with Gasteiger partial charge in [-0.15, -0.1) is 11.3 Å². The van der Waals surface area contributed by atoms with Crippen molar-refractivity contribution in [2.45, 2.75) is 25.7 Å². The summed E-state index contributed by atoms with van der Waals surface area (Å²) in [6.45, 7) is 0.558. The lowest BCUT2D eigenvalue weighted by molar-refractivity contribution is -0.135. The highest BCUT2D eigenvalue weighted by Crippen LogP contribution is 2.32. The molecule has 0 unspecified atom stereocenters. The number of amides is 3. The fourth-order valence-electron chi connectivity index (χ4n) is 2.07. The molecule has 1 fully saturated rings. The van der Waals surface area contributed by atoms with Gasteiger partial charge in [0.1, 0.15) is 6.54 Å². The van der Waals surface area contributed by atoms with Crippen molar-refractivity contribution in [1.82, 2.24) is 15.8 Å². The maximum absolute atomic E-state index is 11.9. The monoisotopic (exact) mass is 451 g/mol. The zero-order chi connectivity index (χ0) is 16.1. The fraction of sp³-hybridized carbons (Fsp3) is 0.462. The van der Waals surface area contributed by atoms with E-state index in [9.17, 15) is 14.4 Å². The number of likely N-dealkylation sites (tertiary alicyclic amines) is 1. The van der Waals surface area contributed by atoms with Crippen LogP contribution in [0.5, 0.6) is 0 Å². The summed E-state index contributed by atoms with van der Waals surface area (Å²) in [5.74, 6) is -0.810. The Kier molecular flexibility index (Phi) is 6.39. The van der Waals surface area contributed by atoms with Crippen molar-refractivity contribution < 1.29 is 14.4 Å². The Morgan fingerprint density at radius 3 is 2.68 bits per heavy atom. The molecule has 2 rings (SSSR count). The topological polar surface area (TPSA) is 78.5 Å². The van der Waals surface area contributed by atoms with E-state index in [1.807, 2.05) is 0 Å². The Labute approximate surface area is 148 Å². The van der Waals surface area contributed by atoms with Crippen LogP contribution in [0.1, 0.15) is 35.4 Å². The molecule has 1 aromatic rings. The lowest BCUT2D eigenvalue weighted by atomic mass is 10.2. The Morgan fingerprint density at radius 2 is 2.00 bits per heavy atom. The predicted octanol–water partition coefficient (Wildman–Crippen LogP) is 2.44. The predicted molar refractivity (Wildman–Crippen MR) is 90.4 cm³/mol. The number of hydrogen-bond donors (Lipinski definition) is 2. The number of nitrogens with zero attached hydrogens (tertiary/aromatic N) is 1. The SMILES string of the molecule is O=C(CN1CCCCCC1=O)NNC(=O)c1cc(Br)c(Br)s1. The third-order valence-corrected chi connectivity index (χ3v) is 6.45. The van der Waals surface area contributed by atoms with E-state index in [2.05, 4.69) is 42.7 Å². The molecule has 1 aliphatic heterocycles. The van der Waals surface area contributed by atoms with Crippen molar-refractivity contribution >= 4 is 60.9 Å². The first-order chi connectivity index (χ1) is 10.5. The van der Waals surface area contributed by atoms with Gasteiger partial charge in [-0.1, -0.05) is 6.42 Å². The average molecular weight is 453 g/mol. The molecule has 1 aromatic heterocycles. The molecular formula is C13H15Br2N3O3S. The molecule has 2 N–H and O–H groups in total. The van der Waals surface area contributed by atoms with Crippen molar-refractivity contribution in [3.05, 3.63) is 19.2 Å². The van der Waals surface area contributed by atoms with Crippen LogP contribution in [-0.2, 0) is 9.59 Å². The first-order valence-corrected chi connectivity index (χ1v) is 9.19. The van der Waals surface area contributed by atoms with Crippen molar-refractivity contribution in [3.63, 3.8) is 0 Å². The van der Waals surface area contributed by atoms with Crippen molar-refractivity contribution in [1.29, 1.82) is 0 Å². The second-order valence-electron chi connectivity index (χ2n) is 4.86. The summed E-state index contributed by atoms with van der Waals surface area (Å²) >= 11 is 7.86. The number of thiophene rings is 1. The van der Waals surface area contributed by atoms with Crippen LogP contribution in [0.25, 0.3) is 0 Å². The number of carbonyl (C=O) groups is 3. The molecule has 0 radical (unpaired) electrons. The zero-order valence-electron chi connectivity index (χ0n) is 11.7.